The summed E-state index contributed by atoms with van der Waals surface area (Å²) < 4.78 is 0. The van der Waals surface area contributed by atoms with Gasteiger partial charge in [0, 0.05) is 33.8 Å². The van der Waals surface area contributed by atoms with Gasteiger partial charge >= 0.3 is 0 Å². The Labute approximate surface area is 162 Å². The van der Waals surface area contributed by atoms with Crippen LogP contribution in [0.15, 0.2) is 95.2 Å². The fraction of sp³-hybridized carbons (Fsp3) is 0.0435. The zero-order chi connectivity index (χ0) is 18.9. The highest BCUT2D eigenvalue weighted by molar-refractivity contribution is 6.12. The number of nitrogens with one attached hydrogen (secondary N) is 2. The van der Waals surface area contributed by atoms with Gasteiger partial charge in [0.25, 0.3) is 0 Å². The van der Waals surface area contributed by atoms with E-state index in [4.69, 9.17) is 4.99 Å². The number of rotatable bonds is 3. The fourth-order valence-electron chi connectivity index (χ4n) is 3.58. The van der Waals surface area contributed by atoms with Crippen molar-refractivity contribution in [3.05, 3.63) is 102 Å². The van der Waals surface area contributed by atoms with Crippen molar-refractivity contribution in [1.29, 1.82) is 0 Å². The summed E-state index contributed by atoms with van der Waals surface area (Å²) in [5.41, 5.74) is 7.63. The number of H-pyrrole nitrogens is 1. The summed E-state index contributed by atoms with van der Waals surface area (Å²) in [6, 6.07) is 25.0. The van der Waals surface area contributed by atoms with Gasteiger partial charge in [-0.15, -0.1) is 0 Å². The lowest BCUT2D eigenvalue weighted by molar-refractivity contribution is 0.481. The Kier molecular flexibility index (Phi) is 3.91. The molecule has 1 aromatic heterocycles. The number of nitrogens with zero attached hydrogens (tertiary/aromatic N) is 2. The summed E-state index contributed by atoms with van der Waals surface area (Å²) in [5.74, 6) is 0.936. The van der Waals surface area contributed by atoms with Gasteiger partial charge in [-0.2, -0.15) is 5.10 Å². The van der Waals surface area contributed by atoms with Crippen LogP contribution in [0.3, 0.4) is 0 Å². The van der Waals surface area contributed by atoms with Crippen LogP contribution >= 0.6 is 0 Å². The van der Waals surface area contributed by atoms with E-state index in [-0.39, 0.29) is 11.8 Å². The molecule has 5 nitrogen and oxygen atoms in total. The number of aromatic amines is 1. The first-order chi connectivity index (χ1) is 13.8. The lowest BCUT2D eigenvalue weighted by atomic mass is 9.95. The zero-order valence-electron chi connectivity index (χ0n) is 15.0. The van der Waals surface area contributed by atoms with Gasteiger partial charge in [0.05, 0.1) is 5.71 Å². The van der Waals surface area contributed by atoms with Crippen LogP contribution < -0.4 is 5.43 Å². The van der Waals surface area contributed by atoms with Crippen molar-refractivity contribution in [1.82, 2.24) is 10.4 Å². The van der Waals surface area contributed by atoms with E-state index in [1.165, 1.54) is 0 Å². The molecule has 1 unspecified atom stereocenters. The maximum atomic E-state index is 10.5. The third-order valence-corrected chi connectivity index (χ3v) is 4.93. The maximum Gasteiger partial charge on any atom is 0.149 e. The summed E-state index contributed by atoms with van der Waals surface area (Å²) in [7, 11) is 0. The molecule has 5 heteroatoms. The number of fused-ring (bicyclic) bond motifs is 1. The number of aliphatic imine (C=N–C) groups is 1. The molecular formula is C23H18N4O. The summed E-state index contributed by atoms with van der Waals surface area (Å²) in [6.45, 7) is 0. The van der Waals surface area contributed by atoms with E-state index < -0.39 is 0 Å². The molecule has 0 spiro atoms. The Hall–Kier alpha value is -3.86. The number of hydrazone groups is 1. The third-order valence-electron chi connectivity index (χ3n) is 4.93. The lowest BCUT2D eigenvalue weighted by Gasteiger charge is -2.22. The van der Waals surface area contributed by atoms with Crippen LogP contribution in [0, 0.1) is 0 Å². The van der Waals surface area contributed by atoms with E-state index >= 15 is 0 Å². The number of hydrogen-bond donors (Lipinski definition) is 3. The Morgan fingerprint density at radius 3 is 2.25 bits per heavy atom. The van der Waals surface area contributed by atoms with E-state index in [0.717, 1.165) is 33.3 Å². The molecular weight excluding hydrogens is 348 g/mol. The number of phenolic OH excluding ortho intramolecular Hbond substituents is 1. The Morgan fingerprint density at radius 1 is 0.786 bits per heavy atom. The quantitative estimate of drug-likeness (QED) is 0.504. The van der Waals surface area contributed by atoms with E-state index in [1.807, 2.05) is 79.0 Å². The van der Waals surface area contributed by atoms with Crippen molar-refractivity contribution in [3.8, 4) is 5.75 Å². The van der Waals surface area contributed by atoms with Gasteiger partial charge in [-0.3, -0.25) is 10.4 Å². The van der Waals surface area contributed by atoms with Crippen LogP contribution in [0.2, 0.25) is 0 Å². The van der Waals surface area contributed by atoms with E-state index in [1.54, 1.807) is 6.07 Å². The average Bonchev–Trinajstić information content (AvgIpc) is 3.20. The topological polar surface area (TPSA) is 72.8 Å². The predicted molar refractivity (Wildman–Crippen MR) is 112 cm³/mol. The normalized spacial score (nSPS) is 16.4. The van der Waals surface area contributed by atoms with Crippen LogP contribution in [-0.2, 0) is 0 Å². The Morgan fingerprint density at radius 2 is 1.50 bits per heavy atom. The minimum Gasteiger partial charge on any atom is -0.507 e. The van der Waals surface area contributed by atoms with E-state index in [2.05, 4.69) is 15.5 Å². The second-order valence-electron chi connectivity index (χ2n) is 6.66. The summed E-state index contributed by atoms with van der Waals surface area (Å²) in [6.07, 6.45) is 1.91. The number of amidine groups is 1. The molecule has 2 heterocycles. The Bertz CT molecular complexity index is 1190. The molecule has 1 atom stereocenters. The molecule has 5 rings (SSSR count). The zero-order valence-corrected chi connectivity index (χ0v) is 15.0. The van der Waals surface area contributed by atoms with E-state index in [0.29, 0.717) is 5.84 Å². The number of aromatic hydroxyl groups is 1. The van der Waals surface area contributed by atoms with Crippen LogP contribution in [-0.4, -0.2) is 21.6 Å². The van der Waals surface area contributed by atoms with Crippen LogP contribution in [0.25, 0.3) is 10.9 Å². The molecule has 0 bridgehead atoms. The van der Waals surface area contributed by atoms with Crippen molar-refractivity contribution in [2.75, 3.05) is 0 Å². The molecule has 0 fully saturated rings. The molecule has 3 N–H and O–H groups in total. The van der Waals surface area contributed by atoms with Crippen LogP contribution in [0.5, 0.6) is 5.75 Å². The lowest BCUT2D eigenvalue weighted by Crippen LogP contribution is -2.30. The van der Waals surface area contributed by atoms with E-state index in [9.17, 15) is 5.11 Å². The van der Waals surface area contributed by atoms with Crippen molar-refractivity contribution in [3.63, 3.8) is 0 Å². The smallest absolute Gasteiger partial charge is 0.149 e. The first-order valence-electron chi connectivity index (χ1n) is 9.12. The highest BCUT2D eigenvalue weighted by Gasteiger charge is 2.27. The minimum atomic E-state index is -0.346. The molecule has 0 saturated heterocycles. The second kappa shape index (κ2) is 6.70. The molecule has 1 aliphatic heterocycles. The number of phenols is 1. The SMILES string of the molecule is Oc1cccc2[nH]cc(C3N=C(c4ccccc4)NN=C3c3ccccc3)c12. The third kappa shape index (κ3) is 2.74. The highest BCUT2D eigenvalue weighted by Crippen LogP contribution is 2.36. The highest BCUT2D eigenvalue weighted by atomic mass is 16.3. The van der Waals surface area contributed by atoms with Gasteiger partial charge in [-0.05, 0) is 12.1 Å². The standard InChI is InChI=1S/C23H18N4O/c28-19-13-7-12-18-20(19)17(14-24-18)22-21(15-8-3-1-4-9-15)26-27-23(25-22)16-10-5-2-6-11-16/h1-14,22,24,28H,(H,25,27). The number of hydrogen-bond acceptors (Lipinski definition) is 4. The Balaban J connectivity index is 1.69. The fourth-order valence-corrected chi connectivity index (χ4v) is 3.58. The summed E-state index contributed by atoms with van der Waals surface area (Å²) in [4.78, 5) is 8.24. The minimum absolute atomic E-state index is 0.233. The van der Waals surface area contributed by atoms with Crippen LogP contribution in [0.4, 0.5) is 0 Å². The number of benzene rings is 3. The van der Waals surface area contributed by atoms with Gasteiger partial charge in [-0.25, -0.2) is 0 Å². The first-order valence-corrected chi connectivity index (χ1v) is 9.12. The molecule has 4 aromatic rings. The van der Waals surface area contributed by atoms with Gasteiger partial charge < -0.3 is 10.1 Å². The molecule has 136 valence electrons. The van der Waals surface area contributed by atoms with Crippen molar-refractivity contribution in [2.45, 2.75) is 6.04 Å². The second-order valence-corrected chi connectivity index (χ2v) is 6.66. The molecule has 0 saturated carbocycles. The van der Waals surface area contributed by atoms with Gasteiger partial charge in [0.1, 0.15) is 17.6 Å². The summed E-state index contributed by atoms with van der Waals surface area (Å²) >= 11 is 0. The van der Waals surface area contributed by atoms with Gasteiger partial charge in [-0.1, -0.05) is 66.7 Å². The predicted octanol–water partition coefficient (Wildman–Crippen LogP) is 4.37. The molecule has 28 heavy (non-hydrogen) atoms. The van der Waals surface area contributed by atoms with Gasteiger partial charge in [0.15, 0.2) is 0 Å². The van der Waals surface area contributed by atoms with Crippen molar-refractivity contribution < 1.29 is 5.11 Å². The van der Waals surface area contributed by atoms with Gasteiger partial charge in [0.2, 0.25) is 0 Å². The molecule has 0 amide bonds. The first kappa shape index (κ1) is 16.3. The van der Waals surface area contributed by atoms with Crippen LogP contribution in [0.1, 0.15) is 22.7 Å². The largest absolute Gasteiger partial charge is 0.507 e. The molecule has 1 aliphatic rings. The van der Waals surface area contributed by atoms with Crippen molar-refractivity contribution in [2.24, 2.45) is 10.1 Å². The van der Waals surface area contributed by atoms with Crippen molar-refractivity contribution >= 4 is 22.5 Å². The monoisotopic (exact) mass is 366 g/mol. The summed E-state index contributed by atoms with van der Waals surface area (Å²) in [5, 5.41) is 15.9. The molecule has 3 aromatic carbocycles. The number of aromatic nitrogens is 1. The molecule has 0 aliphatic carbocycles. The maximum absolute atomic E-state index is 10.5. The average molecular weight is 366 g/mol. The molecule has 0 radical (unpaired) electrons.